The summed E-state index contributed by atoms with van der Waals surface area (Å²) in [5, 5.41) is -0.0858. The Bertz CT molecular complexity index is 169. The van der Waals surface area contributed by atoms with E-state index in [-0.39, 0.29) is 5.22 Å². The summed E-state index contributed by atoms with van der Waals surface area (Å²) in [6.45, 7) is 14.8. The van der Waals surface area contributed by atoms with E-state index in [2.05, 4.69) is 33.5 Å². The summed E-state index contributed by atoms with van der Waals surface area (Å²) < 4.78 is 5.90. The lowest BCUT2D eigenvalue weighted by atomic mass is 10.3. The second-order valence-corrected chi connectivity index (χ2v) is 14.0. The van der Waals surface area contributed by atoms with Crippen molar-refractivity contribution < 1.29 is 9.22 Å². The van der Waals surface area contributed by atoms with E-state index in [0.717, 1.165) is 6.42 Å². The van der Waals surface area contributed by atoms with E-state index in [1.807, 2.05) is 13.1 Å². The van der Waals surface area contributed by atoms with Crippen LogP contribution >= 0.6 is 0 Å². The van der Waals surface area contributed by atoms with Crippen LogP contribution in [0.25, 0.3) is 0 Å². The van der Waals surface area contributed by atoms with Crippen LogP contribution in [0.15, 0.2) is 0 Å². The molecule has 0 radical (unpaired) electrons. The average molecular weight is 220 g/mol. The molecule has 0 spiro atoms. The molecule has 0 saturated heterocycles. The summed E-state index contributed by atoms with van der Waals surface area (Å²) in [7, 11) is -3.76. The van der Waals surface area contributed by atoms with Gasteiger partial charge in [0.1, 0.15) is 0 Å². The zero-order valence-electron chi connectivity index (χ0n) is 10.1. The maximum absolute atomic E-state index is 9.79. The first kappa shape index (κ1) is 13.4. The molecule has 13 heavy (non-hydrogen) atoms. The first-order chi connectivity index (χ1) is 5.52. The van der Waals surface area contributed by atoms with Crippen LogP contribution in [-0.2, 0) is 4.43 Å². The fraction of sp³-hybridized carbons (Fsp3) is 1.00. The van der Waals surface area contributed by atoms with E-state index in [1.54, 1.807) is 0 Å². The zero-order chi connectivity index (χ0) is 10.9. The SMILES string of the molecule is CCC(C)(O[Si](C)(C)O)[Si](C)(C)C. The minimum atomic E-state index is -2.39. The van der Waals surface area contributed by atoms with Gasteiger partial charge < -0.3 is 9.22 Å². The fourth-order valence-corrected chi connectivity index (χ4v) is 5.59. The van der Waals surface area contributed by atoms with Crippen molar-refractivity contribution in [2.45, 2.75) is 58.2 Å². The molecule has 0 amide bonds. The van der Waals surface area contributed by atoms with Crippen molar-refractivity contribution in [1.29, 1.82) is 0 Å². The highest BCUT2D eigenvalue weighted by molar-refractivity contribution is 6.80. The summed E-state index contributed by atoms with van der Waals surface area (Å²) in [6.07, 6.45) is 0.986. The Hall–Kier alpha value is 0.354. The predicted octanol–water partition coefficient (Wildman–Crippen LogP) is 2.74. The van der Waals surface area contributed by atoms with Gasteiger partial charge in [-0.15, -0.1) is 0 Å². The Morgan fingerprint density at radius 2 is 1.54 bits per heavy atom. The predicted molar refractivity (Wildman–Crippen MR) is 62.8 cm³/mol. The quantitative estimate of drug-likeness (QED) is 0.738. The molecule has 0 aliphatic carbocycles. The molecule has 0 aromatic heterocycles. The van der Waals surface area contributed by atoms with Gasteiger partial charge in [0.05, 0.1) is 8.07 Å². The lowest BCUT2D eigenvalue weighted by Crippen LogP contribution is -2.56. The molecule has 80 valence electrons. The van der Waals surface area contributed by atoms with Gasteiger partial charge in [0.25, 0.3) is 0 Å². The van der Waals surface area contributed by atoms with E-state index in [1.165, 1.54) is 0 Å². The maximum Gasteiger partial charge on any atom is 0.329 e. The second-order valence-electron chi connectivity index (χ2n) is 5.38. The third-order valence-corrected chi connectivity index (χ3v) is 7.52. The van der Waals surface area contributed by atoms with Crippen LogP contribution in [0, 0.1) is 0 Å². The van der Waals surface area contributed by atoms with Crippen molar-refractivity contribution in [3.05, 3.63) is 0 Å². The van der Waals surface area contributed by atoms with Crippen molar-refractivity contribution >= 4 is 16.6 Å². The molecule has 1 N–H and O–H groups in total. The van der Waals surface area contributed by atoms with Gasteiger partial charge in [0.2, 0.25) is 0 Å². The fourth-order valence-electron chi connectivity index (χ4n) is 1.31. The Labute approximate surface area is 84.6 Å². The van der Waals surface area contributed by atoms with Crippen molar-refractivity contribution in [1.82, 2.24) is 0 Å². The molecule has 0 aliphatic rings. The van der Waals surface area contributed by atoms with Crippen LogP contribution in [0.3, 0.4) is 0 Å². The van der Waals surface area contributed by atoms with E-state index in [4.69, 9.17) is 4.43 Å². The Morgan fingerprint density at radius 3 is 1.62 bits per heavy atom. The van der Waals surface area contributed by atoms with Crippen LogP contribution in [-0.4, -0.2) is 26.7 Å². The van der Waals surface area contributed by atoms with Crippen LogP contribution in [0.2, 0.25) is 32.7 Å². The van der Waals surface area contributed by atoms with Crippen LogP contribution in [0.4, 0.5) is 0 Å². The van der Waals surface area contributed by atoms with E-state index in [0.29, 0.717) is 0 Å². The Balaban J connectivity index is 4.67. The standard InChI is InChI=1S/C9H24O2Si2/c1-8-9(2,12(3,4)5)11-13(6,7)10/h10H,8H2,1-7H3. The van der Waals surface area contributed by atoms with Crippen molar-refractivity contribution in [3.63, 3.8) is 0 Å². The summed E-state index contributed by atoms with van der Waals surface area (Å²) in [6, 6.07) is 0. The van der Waals surface area contributed by atoms with Gasteiger partial charge in [0.15, 0.2) is 0 Å². The highest BCUT2D eigenvalue weighted by Crippen LogP contribution is 2.30. The van der Waals surface area contributed by atoms with Crippen LogP contribution in [0.1, 0.15) is 20.3 Å². The molecule has 4 heteroatoms. The van der Waals surface area contributed by atoms with Gasteiger partial charge >= 0.3 is 8.56 Å². The summed E-state index contributed by atoms with van der Waals surface area (Å²) in [5.74, 6) is 0. The lowest BCUT2D eigenvalue weighted by Gasteiger charge is -2.43. The second kappa shape index (κ2) is 3.84. The first-order valence-corrected chi connectivity index (χ1v) is 11.3. The molecule has 0 heterocycles. The van der Waals surface area contributed by atoms with Crippen LogP contribution in [0.5, 0.6) is 0 Å². The Morgan fingerprint density at radius 1 is 1.15 bits per heavy atom. The van der Waals surface area contributed by atoms with Crippen molar-refractivity contribution in [2.75, 3.05) is 0 Å². The lowest BCUT2D eigenvalue weighted by molar-refractivity contribution is 0.116. The molecule has 0 aliphatic heterocycles. The van der Waals surface area contributed by atoms with Gasteiger partial charge in [-0.1, -0.05) is 26.6 Å². The average Bonchev–Trinajstić information content (AvgIpc) is 1.81. The molecule has 1 atom stereocenters. The number of rotatable bonds is 4. The van der Waals surface area contributed by atoms with E-state index in [9.17, 15) is 4.80 Å². The largest absolute Gasteiger partial charge is 0.411 e. The van der Waals surface area contributed by atoms with Crippen molar-refractivity contribution in [3.8, 4) is 0 Å². The zero-order valence-corrected chi connectivity index (χ0v) is 12.1. The maximum atomic E-state index is 9.79. The molecule has 0 saturated carbocycles. The monoisotopic (exact) mass is 220 g/mol. The van der Waals surface area contributed by atoms with Crippen LogP contribution < -0.4 is 0 Å². The third kappa shape index (κ3) is 3.93. The summed E-state index contributed by atoms with van der Waals surface area (Å²) in [5.41, 5.74) is 0. The summed E-state index contributed by atoms with van der Waals surface area (Å²) in [4.78, 5) is 9.79. The molecular weight excluding hydrogens is 196 g/mol. The highest BCUT2D eigenvalue weighted by atomic mass is 28.4. The third-order valence-electron chi connectivity index (χ3n) is 2.74. The minimum Gasteiger partial charge on any atom is -0.411 e. The molecule has 0 rings (SSSR count). The van der Waals surface area contributed by atoms with Crippen molar-refractivity contribution in [2.24, 2.45) is 0 Å². The molecular formula is C9H24O2Si2. The van der Waals surface area contributed by atoms with E-state index < -0.39 is 16.6 Å². The smallest absolute Gasteiger partial charge is 0.329 e. The van der Waals surface area contributed by atoms with Gasteiger partial charge in [-0.3, -0.25) is 0 Å². The Kier molecular flexibility index (Phi) is 3.95. The van der Waals surface area contributed by atoms with Gasteiger partial charge in [-0.2, -0.15) is 0 Å². The molecule has 0 fully saturated rings. The first-order valence-electron chi connectivity index (χ1n) is 4.94. The molecule has 1 unspecified atom stereocenters. The number of hydrogen-bond donors (Lipinski definition) is 1. The normalized spacial score (nSPS) is 18.5. The number of hydrogen-bond acceptors (Lipinski definition) is 2. The molecule has 2 nitrogen and oxygen atoms in total. The summed E-state index contributed by atoms with van der Waals surface area (Å²) >= 11 is 0. The van der Waals surface area contributed by atoms with Gasteiger partial charge in [-0.25, -0.2) is 0 Å². The highest BCUT2D eigenvalue weighted by Gasteiger charge is 2.42. The van der Waals surface area contributed by atoms with Gasteiger partial charge in [0, 0.05) is 5.22 Å². The van der Waals surface area contributed by atoms with E-state index >= 15 is 0 Å². The minimum absolute atomic E-state index is 0.0858. The molecule has 0 aromatic carbocycles. The molecule has 0 aromatic rings. The van der Waals surface area contributed by atoms with Gasteiger partial charge in [-0.05, 0) is 26.4 Å². The topological polar surface area (TPSA) is 29.5 Å². The molecule has 0 bridgehead atoms.